The number of benzene rings is 2. The van der Waals surface area contributed by atoms with Crippen LogP contribution in [0.25, 0.3) is 21.8 Å². The molecular formula is C19H24ClN5O. The fourth-order valence-electron chi connectivity index (χ4n) is 2.93. The predicted octanol–water partition coefficient (Wildman–Crippen LogP) is 1.98. The van der Waals surface area contributed by atoms with Crippen LogP contribution in [-0.2, 0) is 0 Å². The lowest BCUT2D eigenvalue weighted by Crippen LogP contribution is -2.33. The topological polar surface area (TPSA) is 106 Å². The lowest BCUT2D eigenvalue weighted by Gasteiger charge is -2.12. The molecule has 0 aliphatic heterocycles. The minimum absolute atomic E-state index is 0. The minimum Gasteiger partial charge on any atom is -0.398 e. The largest absolute Gasteiger partial charge is 0.398 e. The Bertz CT molecular complexity index is 929. The van der Waals surface area contributed by atoms with Crippen molar-refractivity contribution < 1.29 is 4.79 Å². The highest BCUT2D eigenvalue weighted by Crippen LogP contribution is 2.31. The second kappa shape index (κ2) is 8.80. The average molecular weight is 374 g/mol. The van der Waals surface area contributed by atoms with Crippen LogP contribution in [0.2, 0.25) is 0 Å². The van der Waals surface area contributed by atoms with Gasteiger partial charge >= 0.3 is 0 Å². The van der Waals surface area contributed by atoms with Gasteiger partial charge in [-0.25, -0.2) is 4.98 Å². The van der Waals surface area contributed by atoms with E-state index < -0.39 is 0 Å². The number of nitrogens with one attached hydrogen (secondary N) is 2. The fraction of sp³-hybridized carbons (Fsp3) is 0.263. The van der Waals surface area contributed by atoms with Crippen LogP contribution in [0.4, 0.5) is 5.69 Å². The maximum Gasteiger partial charge on any atom is 0.253 e. The fourth-order valence-corrected chi connectivity index (χ4v) is 2.93. The normalized spacial score (nSPS) is 10.7. The Morgan fingerprint density at radius 2 is 1.73 bits per heavy atom. The Morgan fingerprint density at radius 1 is 1.04 bits per heavy atom. The van der Waals surface area contributed by atoms with Crippen LogP contribution >= 0.6 is 12.4 Å². The third-order valence-corrected chi connectivity index (χ3v) is 4.23. The summed E-state index contributed by atoms with van der Waals surface area (Å²) in [6, 6.07) is 11.4. The van der Waals surface area contributed by atoms with Gasteiger partial charge in [-0.05, 0) is 18.6 Å². The number of amides is 1. The van der Waals surface area contributed by atoms with Crippen LogP contribution in [0.5, 0.6) is 0 Å². The van der Waals surface area contributed by atoms with E-state index in [0.717, 1.165) is 28.4 Å². The molecule has 0 saturated carbocycles. The highest BCUT2D eigenvalue weighted by molar-refractivity contribution is 6.13. The van der Waals surface area contributed by atoms with Crippen molar-refractivity contribution in [1.29, 1.82) is 0 Å². The van der Waals surface area contributed by atoms with E-state index in [-0.39, 0.29) is 18.3 Å². The van der Waals surface area contributed by atoms with Crippen molar-refractivity contribution >= 4 is 45.8 Å². The standard InChI is InChI=1S/C19H23N5O.ClH/c1-12-4-2-5-13-16(21)14-6-3-7-15(18(14)24-17(12)13)19(25)23-11-10-22-9-8-20;/h2-7,22H,8-11,20H2,1H3,(H2,21,24)(H,23,25);1H. The summed E-state index contributed by atoms with van der Waals surface area (Å²) in [6.07, 6.45) is 0. The van der Waals surface area contributed by atoms with Gasteiger partial charge in [0.1, 0.15) is 0 Å². The summed E-state index contributed by atoms with van der Waals surface area (Å²) >= 11 is 0. The molecule has 1 heterocycles. The quantitative estimate of drug-likeness (QED) is 0.390. The number of aryl methyl sites for hydroxylation is 1. The summed E-state index contributed by atoms with van der Waals surface area (Å²) in [6.45, 7) is 4.50. The zero-order valence-electron chi connectivity index (χ0n) is 14.7. The molecule has 0 fully saturated rings. The van der Waals surface area contributed by atoms with Gasteiger partial charge in [-0.1, -0.05) is 30.3 Å². The van der Waals surface area contributed by atoms with E-state index >= 15 is 0 Å². The Morgan fingerprint density at radius 3 is 2.46 bits per heavy atom. The van der Waals surface area contributed by atoms with E-state index in [4.69, 9.17) is 16.5 Å². The highest BCUT2D eigenvalue weighted by Gasteiger charge is 2.15. The van der Waals surface area contributed by atoms with Gasteiger partial charge in [-0.2, -0.15) is 0 Å². The molecule has 0 saturated heterocycles. The van der Waals surface area contributed by atoms with Gasteiger partial charge in [0, 0.05) is 37.0 Å². The summed E-state index contributed by atoms with van der Waals surface area (Å²) in [5.74, 6) is -0.153. The van der Waals surface area contributed by atoms with E-state index in [1.54, 1.807) is 6.07 Å². The van der Waals surface area contributed by atoms with E-state index in [0.29, 0.717) is 36.4 Å². The molecule has 2 aromatic carbocycles. The molecule has 138 valence electrons. The molecular weight excluding hydrogens is 350 g/mol. The number of fused-ring (bicyclic) bond motifs is 2. The van der Waals surface area contributed by atoms with Gasteiger partial charge in [0.25, 0.3) is 5.91 Å². The summed E-state index contributed by atoms with van der Waals surface area (Å²) in [4.78, 5) is 17.3. The van der Waals surface area contributed by atoms with Crippen molar-refractivity contribution in [2.45, 2.75) is 6.92 Å². The predicted molar refractivity (Wildman–Crippen MR) is 110 cm³/mol. The number of hydrogen-bond donors (Lipinski definition) is 4. The number of anilines is 1. The molecule has 6 N–H and O–H groups in total. The van der Waals surface area contributed by atoms with Crippen molar-refractivity contribution in [3.63, 3.8) is 0 Å². The summed E-state index contributed by atoms with van der Waals surface area (Å²) < 4.78 is 0. The van der Waals surface area contributed by atoms with Crippen molar-refractivity contribution in [3.05, 3.63) is 47.5 Å². The van der Waals surface area contributed by atoms with Crippen LogP contribution in [0.1, 0.15) is 15.9 Å². The number of halogens is 1. The monoisotopic (exact) mass is 373 g/mol. The first-order valence-electron chi connectivity index (χ1n) is 8.40. The molecule has 0 atom stereocenters. The van der Waals surface area contributed by atoms with Gasteiger partial charge in [-0.3, -0.25) is 4.79 Å². The number of carbonyl (C=O) groups is 1. The molecule has 26 heavy (non-hydrogen) atoms. The van der Waals surface area contributed by atoms with E-state index in [1.165, 1.54) is 0 Å². The van der Waals surface area contributed by atoms with Gasteiger partial charge in [0.05, 0.1) is 22.3 Å². The zero-order chi connectivity index (χ0) is 17.8. The lowest BCUT2D eigenvalue weighted by atomic mass is 10.0. The van der Waals surface area contributed by atoms with Crippen LogP contribution in [0, 0.1) is 6.92 Å². The maximum absolute atomic E-state index is 12.6. The third kappa shape index (κ3) is 3.88. The number of para-hydroxylation sites is 2. The molecule has 0 radical (unpaired) electrons. The number of nitrogens with zero attached hydrogens (tertiary/aromatic N) is 1. The van der Waals surface area contributed by atoms with Crippen molar-refractivity contribution in [3.8, 4) is 0 Å². The first-order chi connectivity index (χ1) is 12.1. The van der Waals surface area contributed by atoms with Gasteiger partial charge < -0.3 is 22.1 Å². The summed E-state index contributed by atoms with van der Waals surface area (Å²) in [5.41, 5.74) is 15.5. The van der Waals surface area contributed by atoms with E-state index in [1.807, 2.05) is 37.3 Å². The molecule has 6 nitrogen and oxygen atoms in total. The maximum atomic E-state index is 12.6. The van der Waals surface area contributed by atoms with Crippen LogP contribution in [0.15, 0.2) is 36.4 Å². The molecule has 0 bridgehead atoms. The van der Waals surface area contributed by atoms with Crippen molar-refractivity contribution in [2.75, 3.05) is 31.9 Å². The van der Waals surface area contributed by atoms with Gasteiger partial charge in [-0.15, -0.1) is 12.4 Å². The Hall–Kier alpha value is -2.41. The van der Waals surface area contributed by atoms with E-state index in [2.05, 4.69) is 10.6 Å². The second-order valence-corrected chi connectivity index (χ2v) is 5.99. The smallest absolute Gasteiger partial charge is 0.253 e. The minimum atomic E-state index is -0.153. The zero-order valence-corrected chi connectivity index (χ0v) is 15.5. The lowest BCUT2D eigenvalue weighted by molar-refractivity contribution is 0.0955. The van der Waals surface area contributed by atoms with Crippen LogP contribution in [-0.4, -0.2) is 37.1 Å². The SMILES string of the molecule is Cc1cccc2c(N)c3cccc(C(=O)NCCNCCN)c3nc12.Cl. The first-order valence-corrected chi connectivity index (χ1v) is 8.40. The molecule has 0 aliphatic rings. The Labute approximate surface area is 158 Å². The number of nitrogen functional groups attached to an aromatic ring is 1. The second-order valence-electron chi connectivity index (χ2n) is 5.99. The van der Waals surface area contributed by atoms with Crippen LogP contribution in [0.3, 0.4) is 0 Å². The number of carbonyl (C=O) groups excluding carboxylic acids is 1. The van der Waals surface area contributed by atoms with Gasteiger partial charge in [0.2, 0.25) is 0 Å². The van der Waals surface area contributed by atoms with Gasteiger partial charge in [0.15, 0.2) is 0 Å². The number of aromatic nitrogens is 1. The number of pyridine rings is 1. The Balaban J connectivity index is 0.00000243. The first kappa shape index (κ1) is 19.9. The molecule has 3 aromatic rings. The molecule has 0 aliphatic carbocycles. The molecule has 3 rings (SSSR count). The Kier molecular flexibility index (Phi) is 6.74. The molecule has 7 heteroatoms. The molecule has 1 amide bonds. The van der Waals surface area contributed by atoms with Crippen LogP contribution < -0.4 is 22.1 Å². The van der Waals surface area contributed by atoms with Crippen molar-refractivity contribution in [2.24, 2.45) is 5.73 Å². The van der Waals surface area contributed by atoms with E-state index in [9.17, 15) is 4.79 Å². The molecule has 1 aromatic heterocycles. The number of nitrogens with two attached hydrogens (primary N) is 2. The molecule has 0 spiro atoms. The number of hydrogen-bond acceptors (Lipinski definition) is 5. The molecule has 0 unspecified atom stereocenters. The third-order valence-electron chi connectivity index (χ3n) is 4.23. The average Bonchev–Trinajstić information content (AvgIpc) is 2.62. The summed E-state index contributed by atoms with van der Waals surface area (Å²) in [7, 11) is 0. The highest BCUT2D eigenvalue weighted by atomic mass is 35.5. The summed E-state index contributed by atoms with van der Waals surface area (Å²) in [5, 5.41) is 7.76. The number of rotatable bonds is 6. The van der Waals surface area contributed by atoms with Crippen molar-refractivity contribution in [1.82, 2.24) is 15.6 Å².